The van der Waals surface area contributed by atoms with Crippen molar-refractivity contribution in [1.29, 1.82) is 0 Å². The first-order chi connectivity index (χ1) is 10.1. The number of carbonyl (C=O) groups excluding carboxylic acids is 1. The standard InChI is InChI=1S/C16H12BrClO3/c1-20-15-8-3-12(17)10-11(15)2-9-16(19)21-14-6-4-13(18)5-7-14/h2-10H,1H3/b9-2+. The van der Waals surface area contributed by atoms with Crippen LogP contribution in [0, 0.1) is 0 Å². The molecule has 2 aromatic rings. The second-order valence-corrected chi connectivity index (χ2v) is 5.45. The highest BCUT2D eigenvalue weighted by Gasteiger charge is 2.03. The van der Waals surface area contributed by atoms with E-state index < -0.39 is 5.97 Å². The average molecular weight is 368 g/mol. The van der Waals surface area contributed by atoms with Gasteiger partial charge in [0.2, 0.25) is 0 Å². The van der Waals surface area contributed by atoms with Gasteiger partial charge in [0.05, 0.1) is 7.11 Å². The summed E-state index contributed by atoms with van der Waals surface area (Å²) in [5, 5.41) is 0.587. The SMILES string of the molecule is COc1ccc(Br)cc1/C=C/C(=O)Oc1ccc(Cl)cc1. The van der Waals surface area contributed by atoms with E-state index >= 15 is 0 Å². The Balaban J connectivity index is 2.08. The molecule has 0 spiro atoms. The number of rotatable bonds is 4. The molecular weight excluding hydrogens is 356 g/mol. The summed E-state index contributed by atoms with van der Waals surface area (Å²) in [5.41, 5.74) is 0.778. The molecule has 0 aliphatic heterocycles. The number of benzene rings is 2. The van der Waals surface area contributed by atoms with Crippen LogP contribution in [-0.4, -0.2) is 13.1 Å². The van der Waals surface area contributed by atoms with Crippen LogP contribution >= 0.6 is 27.5 Å². The number of carbonyl (C=O) groups is 1. The Bertz CT molecular complexity index is 666. The van der Waals surface area contributed by atoms with E-state index in [0.29, 0.717) is 16.5 Å². The summed E-state index contributed by atoms with van der Waals surface area (Å²) >= 11 is 9.14. The highest BCUT2D eigenvalue weighted by molar-refractivity contribution is 9.10. The molecule has 0 aliphatic rings. The van der Waals surface area contributed by atoms with Crippen molar-refractivity contribution >= 4 is 39.6 Å². The van der Waals surface area contributed by atoms with E-state index in [1.165, 1.54) is 6.08 Å². The normalized spacial score (nSPS) is 10.6. The van der Waals surface area contributed by atoms with E-state index in [1.807, 2.05) is 18.2 Å². The summed E-state index contributed by atoms with van der Waals surface area (Å²) < 4.78 is 11.3. The van der Waals surface area contributed by atoms with Gasteiger partial charge in [-0.3, -0.25) is 0 Å². The molecular formula is C16H12BrClO3. The summed E-state index contributed by atoms with van der Waals surface area (Å²) in [6, 6.07) is 12.1. The van der Waals surface area contributed by atoms with Gasteiger partial charge in [-0.2, -0.15) is 0 Å². The lowest BCUT2D eigenvalue weighted by molar-refractivity contribution is -0.128. The van der Waals surface area contributed by atoms with Crippen molar-refractivity contribution in [3.63, 3.8) is 0 Å². The van der Waals surface area contributed by atoms with Crippen LogP contribution in [0.2, 0.25) is 5.02 Å². The van der Waals surface area contributed by atoms with Crippen molar-refractivity contribution in [2.75, 3.05) is 7.11 Å². The summed E-state index contributed by atoms with van der Waals surface area (Å²) in [4.78, 5) is 11.8. The van der Waals surface area contributed by atoms with Gasteiger partial charge in [-0.1, -0.05) is 27.5 Å². The van der Waals surface area contributed by atoms with Gasteiger partial charge in [0, 0.05) is 21.1 Å². The fraction of sp³-hybridized carbons (Fsp3) is 0.0625. The summed E-state index contributed by atoms with van der Waals surface area (Å²) in [7, 11) is 1.58. The van der Waals surface area contributed by atoms with Gasteiger partial charge in [0.15, 0.2) is 0 Å². The Hall–Kier alpha value is -1.78. The second kappa shape index (κ2) is 7.29. The topological polar surface area (TPSA) is 35.5 Å². The zero-order valence-electron chi connectivity index (χ0n) is 11.2. The summed E-state index contributed by atoms with van der Waals surface area (Å²) in [5.74, 6) is 0.642. The number of hydrogen-bond donors (Lipinski definition) is 0. The van der Waals surface area contributed by atoms with Gasteiger partial charge in [-0.15, -0.1) is 0 Å². The lowest BCUT2D eigenvalue weighted by Gasteiger charge is -2.05. The second-order valence-electron chi connectivity index (χ2n) is 4.09. The van der Waals surface area contributed by atoms with E-state index in [4.69, 9.17) is 21.1 Å². The van der Waals surface area contributed by atoms with Crippen LogP contribution < -0.4 is 9.47 Å². The maximum absolute atomic E-state index is 11.8. The Morgan fingerprint density at radius 2 is 1.90 bits per heavy atom. The molecule has 0 radical (unpaired) electrons. The first-order valence-electron chi connectivity index (χ1n) is 6.07. The number of esters is 1. The number of ether oxygens (including phenoxy) is 2. The molecule has 5 heteroatoms. The molecule has 0 aromatic heterocycles. The van der Waals surface area contributed by atoms with Gasteiger partial charge in [-0.25, -0.2) is 4.79 Å². The van der Waals surface area contributed by atoms with Crippen LogP contribution in [0.4, 0.5) is 0 Å². The molecule has 21 heavy (non-hydrogen) atoms. The highest BCUT2D eigenvalue weighted by Crippen LogP contribution is 2.24. The van der Waals surface area contributed by atoms with Crippen LogP contribution in [0.15, 0.2) is 53.0 Å². The molecule has 0 bridgehead atoms. The van der Waals surface area contributed by atoms with Gasteiger partial charge >= 0.3 is 5.97 Å². The molecule has 0 heterocycles. The van der Waals surface area contributed by atoms with Crippen LogP contribution in [0.3, 0.4) is 0 Å². The van der Waals surface area contributed by atoms with Gasteiger partial charge in [0.1, 0.15) is 11.5 Å². The maximum atomic E-state index is 11.8. The molecule has 0 atom stereocenters. The van der Waals surface area contributed by atoms with Crippen molar-refractivity contribution in [1.82, 2.24) is 0 Å². The minimum Gasteiger partial charge on any atom is -0.496 e. The van der Waals surface area contributed by atoms with Gasteiger partial charge < -0.3 is 9.47 Å². The van der Waals surface area contributed by atoms with Gasteiger partial charge in [-0.05, 0) is 48.5 Å². The van der Waals surface area contributed by atoms with Crippen molar-refractivity contribution in [2.24, 2.45) is 0 Å². The monoisotopic (exact) mass is 366 g/mol. The smallest absolute Gasteiger partial charge is 0.336 e. The van der Waals surface area contributed by atoms with E-state index in [1.54, 1.807) is 37.5 Å². The van der Waals surface area contributed by atoms with Crippen LogP contribution in [-0.2, 0) is 4.79 Å². The molecule has 2 aromatic carbocycles. The highest BCUT2D eigenvalue weighted by atomic mass is 79.9. The Morgan fingerprint density at radius 1 is 1.19 bits per heavy atom. The predicted molar refractivity (Wildman–Crippen MR) is 86.8 cm³/mol. The molecule has 0 fully saturated rings. The molecule has 3 nitrogen and oxygen atoms in total. The first kappa shape index (κ1) is 15.6. The first-order valence-corrected chi connectivity index (χ1v) is 7.24. The Morgan fingerprint density at radius 3 is 2.57 bits per heavy atom. The third-order valence-electron chi connectivity index (χ3n) is 2.62. The van der Waals surface area contributed by atoms with Crippen molar-refractivity contribution < 1.29 is 14.3 Å². The molecule has 0 N–H and O–H groups in total. The third-order valence-corrected chi connectivity index (χ3v) is 3.37. The van der Waals surface area contributed by atoms with Crippen LogP contribution in [0.25, 0.3) is 6.08 Å². The lowest BCUT2D eigenvalue weighted by atomic mass is 10.2. The van der Waals surface area contributed by atoms with Crippen molar-refractivity contribution in [2.45, 2.75) is 0 Å². The molecule has 0 unspecified atom stereocenters. The fourth-order valence-corrected chi connectivity index (χ4v) is 2.15. The lowest BCUT2D eigenvalue weighted by Crippen LogP contribution is -2.03. The van der Waals surface area contributed by atoms with E-state index in [-0.39, 0.29) is 0 Å². The summed E-state index contributed by atoms with van der Waals surface area (Å²) in [6.07, 6.45) is 2.99. The molecule has 108 valence electrons. The zero-order chi connectivity index (χ0) is 15.2. The Kier molecular flexibility index (Phi) is 5.42. The summed E-state index contributed by atoms with van der Waals surface area (Å²) in [6.45, 7) is 0. The van der Waals surface area contributed by atoms with E-state index in [2.05, 4.69) is 15.9 Å². The largest absolute Gasteiger partial charge is 0.496 e. The third kappa shape index (κ3) is 4.62. The quantitative estimate of drug-likeness (QED) is 0.445. The average Bonchev–Trinajstić information content (AvgIpc) is 2.48. The predicted octanol–water partition coefficient (Wildman–Crippen LogP) is 4.73. The van der Waals surface area contributed by atoms with Crippen LogP contribution in [0.1, 0.15) is 5.56 Å². The van der Waals surface area contributed by atoms with E-state index in [9.17, 15) is 4.79 Å². The fourth-order valence-electron chi connectivity index (χ4n) is 1.65. The minimum atomic E-state index is -0.473. The molecule has 0 amide bonds. The van der Waals surface area contributed by atoms with Crippen LogP contribution in [0.5, 0.6) is 11.5 Å². The van der Waals surface area contributed by atoms with Crippen molar-refractivity contribution in [3.05, 3.63) is 63.6 Å². The number of hydrogen-bond acceptors (Lipinski definition) is 3. The van der Waals surface area contributed by atoms with Crippen molar-refractivity contribution in [3.8, 4) is 11.5 Å². The van der Waals surface area contributed by atoms with E-state index in [0.717, 1.165) is 10.0 Å². The maximum Gasteiger partial charge on any atom is 0.336 e. The number of halogens is 2. The Labute approximate surface area is 136 Å². The molecule has 0 saturated carbocycles. The molecule has 0 aliphatic carbocycles. The van der Waals surface area contributed by atoms with Gasteiger partial charge in [0.25, 0.3) is 0 Å². The minimum absolute atomic E-state index is 0.440. The molecule has 0 saturated heterocycles. The number of methoxy groups -OCH3 is 1. The zero-order valence-corrected chi connectivity index (χ0v) is 13.5. The molecule has 2 rings (SSSR count).